The Kier molecular flexibility index (Phi) is 7.42. The van der Waals surface area contributed by atoms with Gasteiger partial charge in [-0.25, -0.2) is 0 Å². The van der Waals surface area contributed by atoms with E-state index in [1.165, 1.54) is 10.8 Å². The van der Waals surface area contributed by atoms with Gasteiger partial charge in [-0.15, -0.1) is 0 Å². The first kappa shape index (κ1) is 37.0. The number of nitrogens with zero attached hydrogens (tertiary/aromatic N) is 2. The topological polar surface area (TPSA) is 70.3 Å². The summed E-state index contributed by atoms with van der Waals surface area (Å²) < 4.78 is 17.8. The second-order valence-electron chi connectivity index (χ2n) is 17.8. The van der Waals surface area contributed by atoms with E-state index in [1.807, 2.05) is 84.9 Å². The van der Waals surface area contributed by atoms with E-state index in [1.54, 1.807) is 0 Å². The molecular formula is C62H34N2O4. The fourth-order valence-electron chi connectivity index (χ4n) is 11.2. The molecule has 68 heavy (non-hydrogen) atoms. The summed E-state index contributed by atoms with van der Waals surface area (Å²) in [7, 11) is 0. The summed E-state index contributed by atoms with van der Waals surface area (Å²) in [4.78, 5) is 28.7. The van der Waals surface area contributed by atoms with Crippen LogP contribution in [0.25, 0.3) is 143 Å². The van der Waals surface area contributed by atoms with Gasteiger partial charge in [-0.3, -0.25) is 9.59 Å². The number of hydrogen-bond donors (Lipinski definition) is 0. The van der Waals surface area contributed by atoms with Crippen molar-refractivity contribution in [3.05, 3.63) is 227 Å². The van der Waals surface area contributed by atoms with Crippen LogP contribution in [0, 0.1) is 0 Å². The molecule has 0 unspecified atom stereocenters. The van der Waals surface area contributed by atoms with Gasteiger partial charge >= 0.3 is 0 Å². The maximum absolute atomic E-state index is 14.5. The minimum Gasteiger partial charge on any atom is -0.456 e. The lowest BCUT2D eigenvalue weighted by atomic mass is 9.80. The molecule has 0 saturated heterocycles. The molecule has 0 N–H and O–H groups in total. The van der Waals surface area contributed by atoms with E-state index in [-0.39, 0.29) is 10.9 Å². The minimum atomic E-state index is -0.0841. The monoisotopic (exact) mass is 870 g/mol. The number of hydrogen-bond acceptors (Lipinski definition) is 4. The predicted octanol–water partition coefficient (Wildman–Crippen LogP) is 15.4. The van der Waals surface area contributed by atoms with Crippen LogP contribution in [-0.4, -0.2) is 9.13 Å². The zero-order valence-electron chi connectivity index (χ0n) is 36.2. The van der Waals surface area contributed by atoms with Crippen LogP contribution in [0.3, 0.4) is 0 Å². The molecule has 1 aliphatic carbocycles. The van der Waals surface area contributed by atoms with Gasteiger partial charge in [0.05, 0.1) is 43.6 Å². The molecule has 0 fully saturated rings. The molecule has 0 spiro atoms. The maximum Gasteiger partial charge on any atom is 0.200 e. The van der Waals surface area contributed by atoms with E-state index in [0.717, 1.165) is 88.7 Å². The highest BCUT2D eigenvalue weighted by Crippen LogP contribution is 2.50. The van der Waals surface area contributed by atoms with Crippen molar-refractivity contribution in [1.82, 2.24) is 9.13 Å². The Hall–Kier alpha value is -9.26. The van der Waals surface area contributed by atoms with Gasteiger partial charge < -0.3 is 18.0 Å². The molecule has 1 aliphatic rings. The van der Waals surface area contributed by atoms with Crippen LogP contribution in [0.4, 0.5) is 0 Å². The van der Waals surface area contributed by atoms with Crippen molar-refractivity contribution in [2.75, 3.05) is 0 Å². The van der Waals surface area contributed by atoms with Crippen molar-refractivity contribution >= 4 is 87.5 Å². The van der Waals surface area contributed by atoms with Crippen molar-refractivity contribution in [1.29, 1.82) is 0 Å². The fraction of sp³-hybridized carbons (Fsp3) is 0. The molecule has 6 heteroatoms. The van der Waals surface area contributed by atoms with Gasteiger partial charge in [0.15, 0.2) is 0 Å². The summed E-state index contributed by atoms with van der Waals surface area (Å²) in [6.45, 7) is 0. The van der Waals surface area contributed by atoms with Gasteiger partial charge in [-0.05, 0) is 142 Å². The van der Waals surface area contributed by atoms with E-state index in [4.69, 9.17) is 8.83 Å². The van der Waals surface area contributed by atoms with E-state index < -0.39 is 0 Å². The Morgan fingerprint density at radius 1 is 0.250 bits per heavy atom. The molecule has 14 aromatic rings. The standard InChI is InChI=1S/C62H34N2O4/c65-61-43-18-6-11-23-57(43)68-60-34-49-39-27-25-35(64-55-22-10-5-17-42(55)50-30-36(26-28-56(50)64)63-53-20-8-3-15-40(53)41-16-4-9-21-54(41)63)29-45(39)47-32-52-59(67-58-24-12-7-19-44(58)62(52)66)33-48(47)38-14-2-1-13-37(38)46(49)31-51(60)61/h1-34H. The summed E-state index contributed by atoms with van der Waals surface area (Å²) in [6.07, 6.45) is 0. The van der Waals surface area contributed by atoms with Gasteiger partial charge in [0.2, 0.25) is 10.9 Å². The summed E-state index contributed by atoms with van der Waals surface area (Å²) >= 11 is 0. The second kappa shape index (κ2) is 13.6. The molecule has 15 rings (SSSR count). The molecule has 0 amide bonds. The Morgan fingerprint density at radius 2 is 0.618 bits per heavy atom. The highest BCUT2D eigenvalue weighted by atomic mass is 16.3. The van der Waals surface area contributed by atoms with Crippen LogP contribution in [0.2, 0.25) is 0 Å². The number of rotatable bonds is 2. The van der Waals surface area contributed by atoms with Crippen LogP contribution in [-0.2, 0) is 0 Å². The molecule has 4 heterocycles. The Morgan fingerprint density at radius 3 is 1.16 bits per heavy atom. The Balaban J connectivity index is 1.04. The average molecular weight is 871 g/mol. The molecule has 316 valence electrons. The quantitative estimate of drug-likeness (QED) is 0.162. The smallest absolute Gasteiger partial charge is 0.200 e. The van der Waals surface area contributed by atoms with Crippen molar-refractivity contribution < 1.29 is 8.83 Å². The SMILES string of the molecule is O=c1c2ccccc2oc2cc3c(cc12)-c1ccccc1-c1cc2oc4ccccc4c(=O)c2cc1-c1cc(-n2c4ccccc4c4cc(-n5c6ccccc6c6ccccc65)ccc42)ccc1-3. The normalized spacial score (nSPS) is 12.2. The van der Waals surface area contributed by atoms with Crippen molar-refractivity contribution in [2.45, 2.75) is 0 Å². The molecule has 4 aromatic heterocycles. The number of para-hydroxylation sites is 5. The Bertz CT molecular complexity index is 4600. The molecule has 0 atom stereocenters. The van der Waals surface area contributed by atoms with Gasteiger partial charge in [-0.2, -0.15) is 0 Å². The number of fused-ring (bicyclic) bond motifs is 18. The molecule has 0 aliphatic heterocycles. The third-order valence-electron chi connectivity index (χ3n) is 14.3. The lowest BCUT2D eigenvalue weighted by Gasteiger charge is -2.24. The molecule has 6 nitrogen and oxygen atoms in total. The summed E-state index contributed by atoms with van der Waals surface area (Å²) in [5.41, 5.74) is 15.9. The largest absolute Gasteiger partial charge is 0.456 e. The maximum atomic E-state index is 14.5. The first-order chi connectivity index (χ1) is 33.6. The third kappa shape index (κ3) is 5.06. The van der Waals surface area contributed by atoms with Crippen molar-refractivity contribution in [3.63, 3.8) is 0 Å². The molecule has 0 radical (unpaired) electrons. The zero-order chi connectivity index (χ0) is 44.8. The van der Waals surface area contributed by atoms with Crippen molar-refractivity contribution in [3.8, 4) is 55.9 Å². The lowest BCUT2D eigenvalue weighted by molar-refractivity contribution is 0.660. The summed E-state index contributed by atoms with van der Waals surface area (Å²) in [6, 6.07) is 70.5. The van der Waals surface area contributed by atoms with Crippen LogP contribution in [0.15, 0.2) is 225 Å². The highest BCUT2D eigenvalue weighted by Gasteiger charge is 2.27. The van der Waals surface area contributed by atoms with Gasteiger partial charge in [0.1, 0.15) is 22.3 Å². The van der Waals surface area contributed by atoms with E-state index in [2.05, 4.69) is 130 Å². The predicted molar refractivity (Wildman–Crippen MR) is 278 cm³/mol. The average Bonchev–Trinajstić information content (AvgIpc) is 3.90. The van der Waals surface area contributed by atoms with Crippen LogP contribution >= 0.6 is 0 Å². The molecule has 0 bridgehead atoms. The first-order valence-corrected chi connectivity index (χ1v) is 22.8. The van der Waals surface area contributed by atoms with E-state index in [0.29, 0.717) is 43.9 Å². The molecule has 0 saturated carbocycles. The number of benzene rings is 10. The van der Waals surface area contributed by atoms with Crippen LogP contribution in [0.1, 0.15) is 0 Å². The van der Waals surface area contributed by atoms with Crippen LogP contribution in [0.5, 0.6) is 0 Å². The van der Waals surface area contributed by atoms with Gasteiger partial charge in [-0.1, -0.05) is 109 Å². The van der Waals surface area contributed by atoms with E-state index >= 15 is 0 Å². The molecular weight excluding hydrogens is 837 g/mol. The summed E-state index contributed by atoms with van der Waals surface area (Å²) in [5, 5.41) is 6.80. The second-order valence-corrected chi connectivity index (χ2v) is 17.8. The lowest BCUT2D eigenvalue weighted by Crippen LogP contribution is -2.06. The first-order valence-electron chi connectivity index (χ1n) is 22.8. The number of aromatic nitrogens is 2. The van der Waals surface area contributed by atoms with Gasteiger partial charge in [0.25, 0.3) is 0 Å². The molecule has 10 aromatic carbocycles. The van der Waals surface area contributed by atoms with Crippen LogP contribution < -0.4 is 10.9 Å². The Labute approximate surface area is 386 Å². The third-order valence-corrected chi connectivity index (χ3v) is 14.3. The van der Waals surface area contributed by atoms with Gasteiger partial charge in [0, 0.05) is 32.9 Å². The summed E-state index contributed by atoms with van der Waals surface area (Å²) in [5.74, 6) is 0. The van der Waals surface area contributed by atoms with E-state index in [9.17, 15) is 9.59 Å². The minimum absolute atomic E-state index is 0.0764. The zero-order valence-corrected chi connectivity index (χ0v) is 36.2. The van der Waals surface area contributed by atoms with Crippen molar-refractivity contribution in [2.24, 2.45) is 0 Å². The fourth-order valence-corrected chi connectivity index (χ4v) is 11.2. The highest BCUT2D eigenvalue weighted by molar-refractivity contribution is 6.14.